The molecule has 0 unspecified atom stereocenters. The van der Waals surface area contributed by atoms with Gasteiger partial charge in [-0.1, -0.05) is 24.3 Å². The molecule has 0 atom stereocenters. The lowest BCUT2D eigenvalue weighted by molar-refractivity contribution is -0.137. The molecule has 0 aliphatic carbocycles. The Hall–Kier alpha value is -2.81. The van der Waals surface area contributed by atoms with E-state index in [9.17, 15) is 18.0 Å². The van der Waals surface area contributed by atoms with Crippen molar-refractivity contribution in [3.8, 4) is 5.75 Å². The Labute approximate surface area is 159 Å². The molecule has 1 amide bonds. The second-order valence-corrected chi connectivity index (χ2v) is 5.83. The van der Waals surface area contributed by atoms with E-state index in [2.05, 4.69) is 16.2 Å². The lowest BCUT2D eigenvalue weighted by Crippen LogP contribution is -2.44. The van der Waals surface area contributed by atoms with Gasteiger partial charge in [-0.05, 0) is 49.0 Å². The van der Waals surface area contributed by atoms with Crippen LogP contribution < -0.4 is 20.9 Å². The van der Waals surface area contributed by atoms with Gasteiger partial charge >= 0.3 is 6.18 Å². The zero-order valence-electron chi connectivity index (χ0n) is 14.4. The number of hydrazine groups is 1. The van der Waals surface area contributed by atoms with Crippen molar-refractivity contribution in [1.29, 1.82) is 0 Å². The Kier molecular flexibility index (Phi) is 7.00. The Morgan fingerprint density at radius 1 is 1.07 bits per heavy atom. The quantitative estimate of drug-likeness (QED) is 0.531. The first-order valence-corrected chi connectivity index (χ1v) is 8.44. The monoisotopic (exact) mass is 397 g/mol. The highest BCUT2D eigenvalue weighted by Gasteiger charge is 2.33. The van der Waals surface area contributed by atoms with Crippen molar-refractivity contribution in [2.45, 2.75) is 19.5 Å². The summed E-state index contributed by atoms with van der Waals surface area (Å²) in [7, 11) is 0. The fourth-order valence-electron chi connectivity index (χ4n) is 2.22. The molecule has 27 heavy (non-hydrogen) atoms. The van der Waals surface area contributed by atoms with Crippen molar-refractivity contribution in [2.24, 2.45) is 0 Å². The number of nitrogens with one attached hydrogen (secondary N) is 3. The number of ether oxygens (including phenoxy) is 1. The molecule has 0 fully saturated rings. The molecule has 0 heterocycles. The molecule has 5 nitrogen and oxygen atoms in total. The van der Waals surface area contributed by atoms with Crippen molar-refractivity contribution in [2.75, 3.05) is 11.9 Å². The fourth-order valence-corrected chi connectivity index (χ4v) is 2.38. The molecule has 9 heteroatoms. The van der Waals surface area contributed by atoms with Gasteiger partial charge in [0.25, 0.3) is 0 Å². The van der Waals surface area contributed by atoms with Crippen LogP contribution in [0.15, 0.2) is 48.5 Å². The maximum absolute atomic E-state index is 12.9. The van der Waals surface area contributed by atoms with Crippen LogP contribution in [0.1, 0.15) is 18.1 Å². The average molecular weight is 397 g/mol. The number of amides is 1. The van der Waals surface area contributed by atoms with E-state index in [1.165, 1.54) is 18.2 Å². The van der Waals surface area contributed by atoms with Crippen LogP contribution in [0.5, 0.6) is 5.75 Å². The molecular weight excluding hydrogens is 379 g/mol. The SMILES string of the molecule is CCOc1ccc(CC(=O)NNC(=S)Nc2ccccc2C(F)(F)F)cc1. The van der Waals surface area contributed by atoms with Crippen LogP contribution in [-0.2, 0) is 17.4 Å². The van der Waals surface area contributed by atoms with E-state index in [4.69, 9.17) is 17.0 Å². The second-order valence-electron chi connectivity index (χ2n) is 5.42. The first-order chi connectivity index (χ1) is 12.8. The van der Waals surface area contributed by atoms with Gasteiger partial charge in [-0.15, -0.1) is 0 Å². The lowest BCUT2D eigenvalue weighted by atomic mass is 10.1. The summed E-state index contributed by atoms with van der Waals surface area (Å²) < 4.78 is 44.2. The summed E-state index contributed by atoms with van der Waals surface area (Å²) in [4.78, 5) is 11.9. The molecule has 0 aliphatic rings. The van der Waals surface area contributed by atoms with Crippen LogP contribution in [0, 0.1) is 0 Å². The molecule has 0 aliphatic heterocycles. The fraction of sp³-hybridized carbons (Fsp3) is 0.222. The summed E-state index contributed by atoms with van der Waals surface area (Å²) in [6, 6.07) is 11.9. The van der Waals surface area contributed by atoms with E-state index in [-0.39, 0.29) is 17.2 Å². The summed E-state index contributed by atoms with van der Waals surface area (Å²) >= 11 is 4.93. The topological polar surface area (TPSA) is 62.4 Å². The molecule has 0 saturated heterocycles. The van der Waals surface area contributed by atoms with E-state index in [1.54, 1.807) is 24.3 Å². The van der Waals surface area contributed by atoms with Gasteiger partial charge in [0.15, 0.2) is 5.11 Å². The molecule has 0 bridgehead atoms. The number of benzene rings is 2. The Morgan fingerprint density at radius 2 is 1.74 bits per heavy atom. The average Bonchev–Trinajstić information content (AvgIpc) is 2.61. The van der Waals surface area contributed by atoms with Crippen molar-refractivity contribution in [3.05, 3.63) is 59.7 Å². The van der Waals surface area contributed by atoms with Crippen molar-refractivity contribution in [1.82, 2.24) is 10.9 Å². The zero-order chi connectivity index (χ0) is 19.9. The van der Waals surface area contributed by atoms with Gasteiger partial charge in [-0.3, -0.25) is 15.6 Å². The van der Waals surface area contributed by atoms with Gasteiger partial charge in [0, 0.05) is 0 Å². The van der Waals surface area contributed by atoms with Crippen molar-refractivity contribution >= 4 is 28.9 Å². The molecule has 0 radical (unpaired) electrons. The van der Waals surface area contributed by atoms with E-state index in [1.807, 2.05) is 6.92 Å². The number of halogens is 3. The summed E-state index contributed by atoms with van der Waals surface area (Å²) in [6.45, 7) is 2.42. The van der Waals surface area contributed by atoms with Crippen LogP contribution in [-0.4, -0.2) is 17.6 Å². The highest BCUT2D eigenvalue weighted by molar-refractivity contribution is 7.80. The predicted molar refractivity (Wildman–Crippen MR) is 100 cm³/mol. The van der Waals surface area contributed by atoms with E-state index < -0.39 is 17.6 Å². The minimum absolute atomic E-state index is 0.0706. The van der Waals surface area contributed by atoms with Crippen LogP contribution in [0.3, 0.4) is 0 Å². The molecule has 2 aromatic carbocycles. The van der Waals surface area contributed by atoms with Gasteiger partial charge in [-0.2, -0.15) is 13.2 Å². The summed E-state index contributed by atoms with van der Waals surface area (Å²) in [5.41, 5.74) is 4.43. The van der Waals surface area contributed by atoms with Crippen LogP contribution in [0.25, 0.3) is 0 Å². The zero-order valence-corrected chi connectivity index (χ0v) is 15.2. The highest BCUT2D eigenvalue weighted by atomic mass is 32.1. The number of hydrogen-bond acceptors (Lipinski definition) is 3. The summed E-state index contributed by atoms with van der Waals surface area (Å²) in [5, 5.41) is 2.27. The molecule has 2 aromatic rings. The summed E-state index contributed by atoms with van der Waals surface area (Å²) in [5.74, 6) is 0.306. The Bertz CT molecular complexity index is 795. The first kappa shape index (κ1) is 20.5. The van der Waals surface area contributed by atoms with Gasteiger partial charge in [-0.25, -0.2) is 0 Å². The Balaban J connectivity index is 1.86. The third kappa shape index (κ3) is 6.45. The number of rotatable bonds is 5. The molecule has 2 rings (SSSR count). The minimum Gasteiger partial charge on any atom is -0.494 e. The second kappa shape index (κ2) is 9.22. The van der Waals surface area contributed by atoms with Crippen molar-refractivity contribution < 1.29 is 22.7 Å². The molecule has 0 saturated carbocycles. The molecular formula is C18H18F3N3O2S. The highest BCUT2D eigenvalue weighted by Crippen LogP contribution is 2.34. The normalized spacial score (nSPS) is 10.8. The number of carbonyl (C=O) groups is 1. The van der Waals surface area contributed by atoms with E-state index in [0.29, 0.717) is 12.4 Å². The van der Waals surface area contributed by atoms with Gasteiger partial charge < -0.3 is 10.1 Å². The van der Waals surface area contributed by atoms with Gasteiger partial charge in [0.1, 0.15) is 5.75 Å². The molecule has 0 aromatic heterocycles. The molecule has 3 N–H and O–H groups in total. The van der Waals surface area contributed by atoms with E-state index in [0.717, 1.165) is 11.6 Å². The third-order valence-corrected chi connectivity index (χ3v) is 3.60. The van der Waals surface area contributed by atoms with Crippen LogP contribution >= 0.6 is 12.2 Å². The number of alkyl halides is 3. The predicted octanol–water partition coefficient (Wildman–Crippen LogP) is 3.66. The number of thiocarbonyl (C=S) groups is 1. The maximum Gasteiger partial charge on any atom is 0.418 e. The van der Waals surface area contributed by atoms with Gasteiger partial charge in [0.05, 0.1) is 24.3 Å². The van der Waals surface area contributed by atoms with Gasteiger partial charge in [0.2, 0.25) is 5.91 Å². The maximum atomic E-state index is 12.9. The first-order valence-electron chi connectivity index (χ1n) is 8.03. The standard InChI is InChI=1S/C18H18F3N3O2S/c1-2-26-13-9-7-12(8-10-13)11-16(25)23-24-17(27)22-15-6-4-3-5-14(15)18(19,20)21/h3-10H,2,11H2,1H3,(H,23,25)(H2,22,24,27). The number of anilines is 1. The van der Waals surface area contributed by atoms with Crippen LogP contribution in [0.4, 0.5) is 18.9 Å². The smallest absolute Gasteiger partial charge is 0.418 e. The lowest BCUT2D eigenvalue weighted by Gasteiger charge is -2.16. The minimum atomic E-state index is -4.52. The number of para-hydroxylation sites is 1. The molecule has 0 spiro atoms. The summed E-state index contributed by atoms with van der Waals surface area (Å²) in [6.07, 6.45) is -4.45. The van der Waals surface area contributed by atoms with E-state index >= 15 is 0 Å². The van der Waals surface area contributed by atoms with Crippen molar-refractivity contribution in [3.63, 3.8) is 0 Å². The van der Waals surface area contributed by atoms with Crippen LogP contribution in [0.2, 0.25) is 0 Å². The third-order valence-electron chi connectivity index (χ3n) is 3.40. The largest absolute Gasteiger partial charge is 0.494 e. The number of carbonyl (C=O) groups excluding carboxylic acids is 1. The number of hydrogen-bond donors (Lipinski definition) is 3. The Morgan fingerprint density at radius 3 is 2.37 bits per heavy atom. The molecule has 144 valence electrons.